The lowest BCUT2D eigenvalue weighted by Crippen LogP contribution is -1.97. The van der Waals surface area contributed by atoms with Gasteiger partial charge in [-0.25, -0.2) is 0 Å². The van der Waals surface area contributed by atoms with E-state index in [1.54, 1.807) is 0 Å². The second kappa shape index (κ2) is 1.70. The number of aromatic nitrogens is 3. The Morgan fingerprint density at radius 2 is 2.71 bits per heavy atom. The van der Waals surface area contributed by atoms with Gasteiger partial charge in [0.1, 0.15) is 5.82 Å². The average Bonchev–Trinajstić information content (AvgIpc) is 2.14. The molecule has 0 unspecified atom stereocenters. The highest BCUT2D eigenvalue weighted by atomic mass is 15.2. The molecule has 1 rings (SSSR count). The van der Waals surface area contributed by atoms with Crippen molar-refractivity contribution in [1.29, 1.82) is 0 Å². The number of nitrogens with two attached hydrogens (primary N) is 1. The standard InChI is InChI=1S/C3H5N4/c4-1-3-5-2-6-7-3/h1,4H2,(H,5,6,7). The van der Waals surface area contributed by atoms with Crippen molar-refractivity contribution in [3.63, 3.8) is 0 Å². The summed E-state index contributed by atoms with van der Waals surface area (Å²) in [6.45, 7) is 0.399. The summed E-state index contributed by atoms with van der Waals surface area (Å²) < 4.78 is 0. The monoisotopic (exact) mass is 97.1 g/mol. The van der Waals surface area contributed by atoms with Gasteiger partial charge >= 0.3 is 0 Å². The van der Waals surface area contributed by atoms with E-state index in [-0.39, 0.29) is 0 Å². The first-order valence-corrected chi connectivity index (χ1v) is 1.91. The van der Waals surface area contributed by atoms with Gasteiger partial charge in [0, 0.05) is 0 Å². The molecule has 1 heterocycles. The third-order valence-corrected chi connectivity index (χ3v) is 0.614. The van der Waals surface area contributed by atoms with Crippen molar-refractivity contribution in [1.82, 2.24) is 15.2 Å². The summed E-state index contributed by atoms with van der Waals surface area (Å²) in [4.78, 5) is 2.61. The fraction of sp³-hybridized carbons (Fsp3) is 0.333. The third kappa shape index (κ3) is 0.747. The van der Waals surface area contributed by atoms with E-state index in [2.05, 4.69) is 21.5 Å². The zero-order valence-corrected chi connectivity index (χ0v) is 3.68. The predicted molar refractivity (Wildman–Crippen MR) is 23.1 cm³/mol. The molecule has 0 bridgehead atoms. The molecule has 0 aliphatic rings. The second-order valence-electron chi connectivity index (χ2n) is 1.09. The minimum absolute atomic E-state index is 0.399. The molecule has 0 saturated carbocycles. The highest BCUT2D eigenvalue weighted by Gasteiger charge is 1.85. The molecule has 1 aromatic rings. The number of hydrogen-bond donors (Lipinski definition) is 2. The third-order valence-electron chi connectivity index (χ3n) is 0.614. The van der Waals surface area contributed by atoms with E-state index in [9.17, 15) is 0 Å². The smallest absolute Gasteiger partial charge is 0.199 e. The largest absolute Gasteiger partial charge is 0.324 e. The molecule has 4 nitrogen and oxygen atoms in total. The van der Waals surface area contributed by atoms with Gasteiger partial charge in [-0.2, -0.15) is 0 Å². The molecule has 7 heavy (non-hydrogen) atoms. The number of hydrogen-bond acceptors (Lipinski definition) is 3. The van der Waals surface area contributed by atoms with Crippen LogP contribution in [-0.2, 0) is 6.54 Å². The Bertz CT molecular complexity index is 121. The highest BCUT2D eigenvalue weighted by molar-refractivity contribution is 4.74. The van der Waals surface area contributed by atoms with Gasteiger partial charge in [-0.1, -0.05) is 0 Å². The predicted octanol–water partition coefficient (Wildman–Crippen LogP) is -0.936. The minimum Gasteiger partial charge on any atom is -0.324 e. The average molecular weight is 97.1 g/mol. The zero-order chi connectivity index (χ0) is 5.11. The minimum atomic E-state index is 0.399. The first-order chi connectivity index (χ1) is 3.43. The van der Waals surface area contributed by atoms with Gasteiger partial charge in [-0.15, -0.1) is 10.2 Å². The molecule has 1 aromatic heterocycles. The maximum Gasteiger partial charge on any atom is 0.199 e. The molecule has 1 radical (unpaired) electrons. The summed E-state index contributed by atoms with van der Waals surface area (Å²) in [5.74, 6) is 0.667. The number of aromatic amines is 1. The van der Waals surface area contributed by atoms with E-state index in [4.69, 9.17) is 5.73 Å². The van der Waals surface area contributed by atoms with Gasteiger partial charge in [0.15, 0.2) is 6.33 Å². The SMILES string of the molecule is NCc1nn[c][nH]1. The highest BCUT2D eigenvalue weighted by Crippen LogP contribution is 1.76. The fourth-order valence-electron chi connectivity index (χ4n) is 0.292. The molecule has 0 spiro atoms. The van der Waals surface area contributed by atoms with Crippen LogP contribution >= 0.6 is 0 Å². The number of nitrogens with one attached hydrogen (secondary N) is 1. The fourth-order valence-corrected chi connectivity index (χ4v) is 0.292. The molecule has 0 aliphatic carbocycles. The van der Waals surface area contributed by atoms with Crippen LogP contribution < -0.4 is 5.73 Å². The number of nitrogens with zero attached hydrogens (tertiary/aromatic N) is 2. The van der Waals surface area contributed by atoms with Crippen molar-refractivity contribution >= 4 is 0 Å². The Balaban J connectivity index is 2.76. The Morgan fingerprint density at radius 3 is 3.00 bits per heavy atom. The Kier molecular flexibility index (Phi) is 1.04. The van der Waals surface area contributed by atoms with E-state index in [1.807, 2.05) is 0 Å². The van der Waals surface area contributed by atoms with Gasteiger partial charge in [-0.3, -0.25) is 0 Å². The summed E-state index contributed by atoms with van der Waals surface area (Å²) in [6.07, 6.45) is 2.41. The lowest BCUT2D eigenvalue weighted by Gasteiger charge is -1.77. The van der Waals surface area contributed by atoms with E-state index in [0.717, 1.165) is 0 Å². The van der Waals surface area contributed by atoms with Gasteiger partial charge in [0.25, 0.3) is 0 Å². The lowest BCUT2D eigenvalue weighted by atomic mass is 10.6. The first-order valence-electron chi connectivity index (χ1n) is 1.91. The molecule has 0 aromatic carbocycles. The molecule has 4 heteroatoms. The molecule has 37 valence electrons. The van der Waals surface area contributed by atoms with Crippen LogP contribution in [0.4, 0.5) is 0 Å². The maximum atomic E-state index is 5.14. The van der Waals surface area contributed by atoms with Crippen LogP contribution in [0.25, 0.3) is 0 Å². The van der Waals surface area contributed by atoms with Crippen LogP contribution in [0.3, 0.4) is 0 Å². The zero-order valence-electron chi connectivity index (χ0n) is 3.68. The Hall–Kier alpha value is -0.900. The van der Waals surface area contributed by atoms with Crippen LogP contribution in [0.2, 0.25) is 0 Å². The number of H-pyrrole nitrogens is 1. The molecule has 0 fully saturated rings. The van der Waals surface area contributed by atoms with Crippen LogP contribution in [0.15, 0.2) is 0 Å². The quantitative estimate of drug-likeness (QED) is 0.475. The molecule has 0 amide bonds. The molecular formula is C3H5N4. The van der Waals surface area contributed by atoms with Crippen molar-refractivity contribution in [2.45, 2.75) is 6.54 Å². The molecule has 0 atom stereocenters. The van der Waals surface area contributed by atoms with Gasteiger partial charge in [-0.05, 0) is 0 Å². The van der Waals surface area contributed by atoms with Gasteiger partial charge in [0.2, 0.25) is 0 Å². The molecular weight excluding hydrogens is 92.1 g/mol. The van der Waals surface area contributed by atoms with Gasteiger partial charge in [0.05, 0.1) is 6.54 Å². The van der Waals surface area contributed by atoms with Crippen molar-refractivity contribution in [3.8, 4) is 0 Å². The normalized spacial score (nSPS) is 9.29. The molecule has 0 aliphatic heterocycles. The van der Waals surface area contributed by atoms with Crippen molar-refractivity contribution in [2.24, 2.45) is 5.73 Å². The molecule has 3 N–H and O–H groups in total. The van der Waals surface area contributed by atoms with Crippen molar-refractivity contribution in [3.05, 3.63) is 12.2 Å². The van der Waals surface area contributed by atoms with Crippen LogP contribution in [0, 0.1) is 6.33 Å². The molecule has 0 saturated heterocycles. The van der Waals surface area contributed by atoms with Crippen LogP contribution in [-0.4, -0.2) is 15.2 Å². The summed E-state index contributed by atoms with van der Waals surface area (Å²) in [5, 5.41) is 6.93. The topological polar surface area (TPSA) is 67.6 Å². The first kappa shape index (κ1) is 4.26. The second-order valence-corrected chi connectivity index (χ2v) is 1.09. The van der Waals surface area contributed by atoms with Crippen LogP contribution in [0.5, 0.6) is 0 Å². The van der Waals surface area contributed by atoms with Gasteiger partial charge < -0.3 is 10.7 Å². The Morgan fingerprint density at radius 1 is 1.86 bits per heavy atom. The van der Waals surface area contributed by atoms with Crippen molar-refractivity contribution < 1.29 is 0 Å². The van der Waals surface area contributed by atoms with Crippen LogP contribution in [0.1, 0.15) is 5.82 Å². The maximum absolute atomic E-state index is 5.14. The number of rotatable bonds is 1. The summed E-state index contributed by atoms with van der Waals surface area (Å²) >= 11 is 0. The lowest BCUT2D eigenvalue weighted by molar-refractivity contribution is 0.917. The van der Waals surface area contributed by atoms with E-state index < -0.39 is 0 Å². The van der Waals surface area contributed by atoms with E-state index in [0.29, 0.717) is 12.4 Å². The summed E-state index contributed by atoms with van der Waals surface area (Å²) in [5.41, 5.74) is 5.14. The van der Waals surface area contributed by atoms with E-state index >= 15 is 0 Å². The summed E-state index contributed by atoms with van der Waals surface area (Å²) in [7, 11) is 0. The van der Waals surface area contributed by atoms with E-state index in [1.165, 1.54) is 0 Å². The van der Waals surface area contributed by atoms with Crippen molar-refractivity contribution in [2.75, 3.05) is 0 Å². The Labute approximate surface area is 40.8 Å². The summed E-state index contributed by atoms with van der Waals surface area (Å²) in [6, 6.07) is 0.